The number of ether oxygens (including phenoxy) is 1. The number of aliphatic hydroxyl groups is 1. The van der Waals surface area contributed by atoms with Crippen molar-refractivity contribution < 1.29 is 24.6 Å². The molecule has 4 N–H and O–H groups in total. The summed E-state index contributed by atoms with van der Waals surface area (Å²) in [6.45, 7) is 4.70. The summed E-state index contributed by atoms with van der Waals surface area (Å²) >= 11 is 0.997. The number of hydroxylamine groups is 2. The summed E-state index contributed by atoms with van der Waals surface area (Å²) in [5.74, 6) is -0.698. The quantitative estimate of drug-likeness (QED) is 0.555. The van der Waals surface area contributed by atoms with Gasteiger partial charge in [-0.3, -0.25) is 10.0 Å². The highest BCUT2D eigenvalue weighted by Crippen LogP contribution is 2.26. The Kier molecular flexibility index (Phi) is 5.64. The van der Waals surface area contributed by atoms with Crippen LogP contribution >= 0.6 is 11.3 Å². The summed E-state index contributed by atoms with van der Waals surface area (Å²) in [6.07, 6.45) is -0.924. The van der Waals surface area contributed by atoms with Crippen LogP contribution in [0.4, 0.5) is 4.79 Å². The van der Waals surface area contributed by atoms with Gasteiger partial charge in [-0.2, -0.15) is 5.06 Å². The Hall–Kier alpha value is -1.71. The van der Waals surface area contributed by atoms with Crippen molar-refractivity contribution in [2.75, 3.05) is 6.61 Å². The molecule has 0 saturated heterocycles. The first-order valence-corrected chi connectivity index (χ1v) is 7.11. The summed E-state index contributed by atoms with van der Waals surface area (Å²) in [5.41, 5.74) is 4.60. The lowest BCUT2D eigenvalue weighted by molar-refractivity contribution is -0.125. The van der Waals surface area contributed by atoms with E-state index in [1.807, 2.05) is 0 Å². The molecule has 0 spiro atoms. The van der Waals surface area contributed by atoms with E-state index < -0.39 is 23.6 Å². The van der Waals surface area contributed by atoms with Crippen LogP contribution in [0.15, 0.2) is 5.38 Å². The molecule has 1 rings (SSSR count). The summed E-state index contributed by atoms with van der Waals surface area (Å²) in [4.78, 5) is 26.8. The van der Waals surface area contributed by atoms with Crippen LogP contribution in [0.25, 0.3) is 0 Å². The maximum Gasteiger partial charge on any atom is 0.434 e. The number of carbonyl (C=O) groups is 2. The van der Waals surface area contributed by atoms with Crippen molar-refractivity contribution in [2.45, 2.75) is 38.8 Å². The highest BCUT2D eigenvalue weighted by Gasteiger charge is 2.30. The van der Waals surface area contributed by atoms with Crippen LogP contribution in [0.2, 0.25) is 0 Å². The lowest BCUT2D eigenvalue weighted by Gasteiger charge is -2.27. The summed E-state index contributed by atoms with van der Waals surface area (Å²) in [5, 5.41) is 21.0. The number of carbonyl (C=O) groups excluding carboxylic acids is 2. The number of hydrogen-bond acceptors (Lipinski definition) is 7. The van der Waals surface area contributed by atoms with Crippen LogP contribution in [0.5, 0.6) is 0 Å². The van der Waals surface area contributed by atoms with Crippen LogP contribution in [-0.4, -0.2) is 44.6 Å². The lowest BCUT2D eigenvalue weighted by Crippen LogP contribution is -2.37. The highest BCUT2D eigenvalue weighted by atomic mass is 32.1. The number of amides is 2. The van der Waals surface area contributed by atoms with Crippen molar-refractivity contribution in [3.05, 3.63) is 16.1 Å². The zero-order valence-electron chi connectivity index (χ0n) is 12.1. The minimum Gasteiger partial charge on any atom is -0.442 e. The van der Waals surface area contributed by atoms with Gasteiger partial charge in [-0.25, -0.2) is 9.78 Å². The molecule has 0 aliphatic carbocycles. The second-order valence-corrected chi connectivity index (χ2v) is 6.15. The normalized spacial score (nSPS) is 12.8. The van der Waals surface area contributed by atoms with Gasteiger partial charge in [0.05, 0.1) is 5.69 Å². The Morgan fingerprint density at radius 2 is 2.14 bits per heavy atom. The average Bonchev–Trinajstić information content (AvgIpc) is 2.82. The van der Waals surface area contributed by atoms with Gasteiger partial charge in [-0.1, -0.05) is 0 Å². The zero-order valence-corrected chi connectivity index (χ0v) is 12.9. The maximum absolute atomic E-state index is 11.8. The zero-order chi connectivity index (χ0) is 16.2. The number of primary amides is 1. The molecule has 1 aromatic heterocycles. The number of nitrogens with zero attached hydrogens (tertiary/aromatic N) is 2. The van der Waals surface area contributed by atoms with Crippen LogP contribution < -0.4 is 5.73 Å². The van der Waals surface area contributed by atoms with Gasteiger partial charge >= 0.3 is 6.09 Å². The van der Waals surface area contributed by atoms with Gasteiger partial charge in [-0.05, 0) is 27.2 Å². The molecule has 0 aromatic carbocycles. The average molecular weight is 317 g/mol. The van der Waals surface area contributed by atoms with E-state index >= 15 is 0 Å². The van der Waals surface area contributed by atoms with E-state index in [0.717, 1.165) is 11.3 Å². The van der Waals surface area contributed by atoms with Crippen LogP contribution in [0.3, 0.4) is 0 Å². The van der Waals surface area contributed by atoms with Gasteiger partial charge < -0.3 is 15.6 Å². The van der Waals surface area contributed by atoms with Gasteiger partial charge in [0.2, 0.25) is 0 Å². The molecular weight excluding hydrogens is 298 g/mol. The van der Waals surface area contributed by atoms with Crippen molar-refractivity contribution in [1.29, 1.82) is 0 Å². The van der Waals surface area contributed by atoms with E-state index in [1.54, 1.807) is 20.8 Å². The number of aromatic nitrogens is 1. The molecule has 21 heavy (non-hydrogen) atoms. The topological polar surface area (TPSA) is 126 Å². The SMILES string of the molecule is CC(C)(C)OC(=O)N(O)[C@@H](CCO)c1csc(C(N)=O)n1. The van der Waals surface area contributed by atoms with Crippen molar-refractivity contribution in [3.63, 3.8) is 0 Å². The van der Waals surface area contributed by atoms with E-state index in [0.29, 0.717) is 5.06 Å². The minimum absolute atomic E-state index is 0.0394. The molecule has 1 atom stereocenters. The van der Waals surface area contributed by atoms with E-state index in [9.17, 15) is 14.8 Å². The van der Waals surface area contributed by atoms with Crippen LogP contribution in [-0.2, 0) is 4.74 Å². The standard InChI is InChI=1S/C12H19N3O5S/c1-12(2,3)20-11(18)15(19)8(4-5-16)7-6-21-10(14-7)9(13)17/h6,8,16,19H,4-5H2,1-3H3,(H2,13,17)/t8-/m0/s1. The fraction of sp³-hybridized carbons (Fsp3) is 0.583. The number of rotatable bonds is 5. The predicted octanol–water partition coefficient (Wildman–Crippen LogP) is 1.29. The third-order valence-electron chi connectivity index (χ3n) is 2.35. The first-order valence-electron chi connectivity index (χ1n) is 6.23. The molecule has 2 amide bonds. The Morgan fingerprint density at radius 1 is 1.52 bits per heavy atom. The predicted molar refractivity (Wildman–Crippen MR) is 74.9 cm³/mol. The Bertz CT molecular complexity index is 511. The first kappa shape index (κ1) is 17.3. The van der Waals surface area contributed by atoms with Crippen molar-refractivity contribution in [3.8, 4) is 0 Å². The molecule has 0 fully saturated rings. The largest absolute Gasteiger partial charge is 0.442 e. The van der Waals surface area contributed by atoms with Gasteiger partial charge in [0.1, 0.15) is 11.6 Å². The number of hydrogen-bond donors (Lipinski definition) is 3. The van der Waals surface area contributed by atoms with E-state index in [-0.39, 0.29) is 23.7 Å². The highest BCUT2D eigenvalue weighted by molar-refractivity contribution is 7.11. The summed E-state index contributed by atoms with van der Waals surface area (Å²) in [7, 11) is 0. The first-order chi connectivity index (χ1) is 9.65. The fourth-order valence-electron chi connectivity index (χ4n) is 1.51. The molecule has 0 bridgehead atoms. The molecule has 0 radical (unpaired) electrons. The third kappa shape index (κ3) is 4.96. The van der Waals surface area contributed by atoms with Gasteiger partial charge in [0, 0.05) is 12.0 Å². The molecule has 1 heterocycles. The summed E-state index contributed by atoms with van der Waals surface area (Å²) in [6, 6.07) is -0.922. The van der Waals surface area contributed by atoms with Crippen LogP contribution in [0, 0.1) is 0 Å². The number of nitrogens with two attached hydrogens (primary N) is 1. The van der Waals surface area contributed by atoms with Gasteiger partial charge in [0.15, 0.2) is 5.01 Å². The van der Waals surface area contributed by atoms with Crippen molar-refractivity contribution in [2.24, 2.45) is 5.73 Å². The minimum atomic E-state index is -0.963. The molecule has 0 unspecified atom stereocenters. The van der Waals surface area contributed by atoms with Crippen molar-refractivity contribution in [1.82, 2.24) is 10.0 Å². The second-order valence-electron chi connectivity index (χ2n) is 5.29. The van der Waals surface area contributed by atoms with E-state index in [4.69, 9.17) is 15.6 Å². The van der Waals surface area contributed by atoms with Gasteiger partial charge in [-0.15, -0.1) is 11.3 Å². The molecule has 118 valence electrons. The van der Waals surface area contributed by atoms with Crippen LogP contribution in [0.1, 0.15) is 48.7 Å². The Labute approximate surface area is 126 Å². The molecule has 9 heteroatoms. The molecule has 0 aliphatic rings. The second kappa shape index (κ2) is 6.83. The Balaban J connectivity index is 2.94. The monoisotopic (exact) mass is 317 g/mol. The third-order valence-corrected chi connectivity index (χ3v) is 3.23. The molecule has 0 saturated carbocycles. The molecular formula is C12H19N3O5S. The lowest BCUT2D eigenvalue weighted by atomic mass is 10.1. The molecule has 1 aromatic rings. The molecule has 8 nitrogen and oxygen atoms in total. The smallest absolute Gasteiger partial charge is 0.434 e. The number of aliphatic hydroxyl groups excluding tert-OH is 1. The fourth-order valence-corrected chi connectivity index (χ4v) is 2.22. The summed E-state index contributed by atoms with van der Waals surface area (Å²) < 4.78 is 5.04. The van der Waals surface area contributed by atoms with Gasteiger partial charge in [0.25, 0.3) is 5.91 Å². The molecule has 0 aliphatic heterocycles. The van der Waals surface area contributed by atoms with E-state index in [2.05, 4.69) is 4.98 Å². The number of thiazole rings is 1. The van der Waals surface area contributed by atoms with Crippen molar-refractivity contribution >= 4 is 23.3 Å². The van der Waals surface area contributed by atoms with E-state index in [1.165, 1.54) is 5.38 Å². The Morgan fingerprint density at radius 3 is 2.57 bits per heavy atom. The maximum atomic E-state index is 11.8.